The van der Waals surface area contributed by atoms with Crippen LogP contribution in [0.2, 0.25) is 10.0 Å². The van der Waals surface area contributed by atoms with Crippen LogP contribution in [0, 0.1) is 6.92 Å². The van der Waals surface area contributed by atoms with Crippen molar-refractivity contribution in [3.8, 4) is 0 Å². The number of rotatable bonds is 3. The topological polar surface area (TPSA) is 81.1 Å². The zero-order valence-corrected chi connectivity index (χ0v) is 12.2. The van der Waals surface area contributed by atoms with Gasteiger partial charge in [0.2, 0.25) is 0 Å². The SMILES string of the molecule is Cc1cccc(Cl)c1Nc1c(Cl)cc(N)cc1C(N)=O. The number of primary amides is 1. The van der Waals surface area contributed by atoms with Crippen molar-refractivity contribution in [3.63, 3.8) is 0 Å². The van der Waals surface area contributed by atoms with Crippen LogP contribution in [0.3, 0.4) is 0 Å². The summed E-state index contributed by atoms with van der Waals surface area (Å²) in [5, 5.41) is 3.89. The van der Waals surface area contributed by atoms with Crippen LogP contribution < -0.4 is 16.8 Å². The minimum absolute atomic E-state index is 0.217. The van der Waals surface area contributed by atoms with Gasteiger partial charge in [-0.3, -0.25) is 4.79 Å². The van der Waals surface area contributed by atoms with Crippen LogP contribution in [0.15, 0.2) is 30.3 Å². The fourth-order valence-corrected chi connectivity index (χ4v) is 2.41. The van der Waals surface area contributed by atoms with Gasteiger partial charge in [0.05, 0.1) is 27.0 Å². The predicted octanol–water partition coefficient (Wildman–Crippen LogP) is 3.73. The Morgan fingerprint density at radius 1 is 1.15 bits per heavy atom. The number of hydrogen-bond acceptors (Lipinski definition) is 3. The van der Waals surface area contributed by atoms with Gasteiger partial charge in [0.25, 0.3) is 5.91 Å². The second-order valence-electron chi connectivity index (χ2n) is 4.35. The first-order valence-electron chi connectivity index (χ1n) is 5.81. The van der Waals surface area contributed by atoms with E-state index in [1.54, 1.807) is 12.1 Å². The molecule has 1 amide bonds. The molecule has 0 aliphatic rings. The summed E-state index contributed by atoms with van der Waals surface area (Å²) in [6.45, 7) is 1.89. The third-order valence-electron chi connectivity index (χ3n) is 2.85. The number of benzene rings is 2. The Balaban J connectivity index is 2.56. The molecule has 0 unspecified atom stereocenters. The summed E-state index contributed by atoms with van der Waals surface area (Å²) in [7, 11) is 0. The summed E-state index contributed by atoms with van der Waals surface area (Å²) < 4.78 is 0. The molecule has 0 aliphatic carbocycles. The number of hydrogen-bond donors (Lipinski definition) is 3. The van der Waals surface area contributed by atoms with Crippen molar-refractivity contribution < 1.29 is 4.79 Å². The highest BCUT2D eigenvalue weighted by Gasteiger charge is 2.15. The number of para-hydroxylation sites is 1. The summed E-state index contributed by atoms with van der Waals surface area (Å²) in [6, 6.07) is 8.49. The smallest absolute Gasteiger partial charge is 0.250 e. The minimum atomic E-state index is -0.619. The molecule has 0 spiro atoms. The average molecular weight is 310 g/mol. The van der Waals surface area contributed by atoms with Crippen molar-refractivity contribution in [1.82, 2.24) is 0 Å². The molecule has 0 radical (unpaired) electrons. The number of carbonyl (C=O) groups excluding carboxylic acids is 1. The highest BCUT2D eigenvalue weighted by atomic mass is 35.5. The van der Waals surface area contributed by atoms with Gasteiger partial charge in [-0.15, -0.1) is 0 Å². The van der Waals surface area contributed by atoms with Crippen molar-refractivity contribution in [2.24, 2.45) is 5.73 Å². The fourth-order valence-electron chi connectivity index (χ4n) is 1.86. The molecule has 0 saturated carbocycles. The minimum Gasteiger partial charge on any atom is -0.399 e. The van der Waals surface area contributed by atoms with Gasteiger partial charge < -0.3 is 16.8 Å². The summed E-state index contributed by atoms with van der Waals surface area (Å²) in [6.07, 6.45) is 0. The number of anilines is 3. The van der Waals surface area contributed by atoms with Crippen molar-refractivity contribution in [1.29, 1.82) is 0 Å². The van der Waals surface area contributed by atoms with E-state index in [-0.39, 0.29) is 5.56 Å². The Kier molecular flexibility index (Phi) is 4.06. The zero-order valence-electron chi connectivity index (χ0n) is 10.7. The van der Waals surface area contributed by atoms with E-state index in [9.17, 15) is 4.79 Å². The van der Waals surface area contributed by atoms with Gasteiger partial charge in [0.15, 0.2) is 0 Å². The first kappa shape index (κ1) is 14.5. The monoisotopic (exact) mass is 309 g/mol. The Labute approximate surface area is 126 Å². The second kappa shape index (κ2) is 5.61. The predicted molar refractivity (Wildman–Crippen MR) is 83.9 cm³/mol. The normalized spacial score (nSPS) is 10.3. The lowest BCUT2D eigenvalue weighted by Gasteiger charge is -2.16. The van der Waals surface area contributed by atoms with E-state index >= 15 is 0 Å². The maximum absolute atomic E-state index is 11.5. The number of nitrogens with two attached hydrogens (primary N) is 2. The Morgan fingerprint density at radius 2 is 1.85 bits per heavy atom. The molecule has 0 heterocycles. The molecule has 0 fully saturated rings. The molecule has 2 aromatic rings. The van der Waals surface area contributed by atoms with Crippen molar-refractivity contribution in [3.05, 3.63) is 51.5 Å². The number of halogens is 2. The Morgan fingerprint density at radius 3 is 2.45 bits per heavy atom. The molecule has 0 saturated heterocycles. The second-order valence-corrected chi connectivity index (χ2v) is 5.16. The maximum atomic E-state index is 11.5. The summed E-state index contributed by atoms with van der Waals surface area (Å²) in [5.74, 6) is -0.619. The molecule has 0 bridgehead atoms. The first-order valence-corrected chi connectivity index (χ1v) is 6.56. The molecule has 0 atom stereocenters. The van der Waals surface area contributed by atoms with Gasteiger partial charge in [0, 0.05) is 5.69 Å². The summed E-state index contributed by atoms with van der Waals surface area (Å²) >= 11 is 12.3. The van der Waals surface area contributed by atoms with Crippen LogP contribution in [0.1, 0.15) is 15.9 Å². The van der Waals surface area contributed by atoms with Crippen molar-refractivity contribution >= 4 is 46.2 Å². The van der Waals surface area contributed by atoms with Crippen LogP contribution in [0.25, 0.3) is 0 Å². The fraction of sp³-hybridized carbons (Fsp3) is 0.0714. The first-order chi connectivity index (χ1) is 9.40. The van der Waals surface area contributed by atoms with E-state index in [0.717, 1.165) is 5.56 Å². The lowest BCUT2D eigenvalue weighted by atomic mass is 10.1. The highest BCUT2D eigenvalue weighted by Crippen LogP contribution is 2.35. The molecule has 2 aromatic carbocycles. The quantitative estimate of drug-likeness (QED) is 0.756. The molecule has 104 valence electrons. The third kappa shape index (κ3) is 2.81. The molecular weight excluding hydrogens is 297 g/mol. The third-order valence-corrected chi connectivity index (χ3v) is 3.46. The van der Waals surface area contributed by atoms with Crippen LogP contribution in [0.4, 0.5) is 17.1 Å². The van der Waals surface area contributed by atoms with E-state index in [0.29, 0.717) is 27.1 Å². The molecule has 20 heavy (non-hydrogen) atoms. The van der Waals surface area contributed by atoms with Crippen LogP contribution >= 0.6 is 23.2 Å². The Bertz CT molecular complexity index is 666. The maximum Gasteiger partial charge on any atom is 0.250 e. The van der Waals surface area contributed by atoms with Gasteiger partial charge in [-0.1, -0.05) is 35.3 Å². The van der Waals surface area contributed by atoms with Crippen LogP contribution in [-0.2, 0) is 0 Å². The van der Waals surface area contributed by atoms with Gasteiger partial charge in [-0.05, 0) is 30.7 Å². The molecule has 2 rings (SSSR count). The molecule has 0 aliphatic heterocycles. The molecular formula is C14H13Cl2N3O. The lowest BCUT2D eigenvalue weighted by molar-refractivity contribution is 0.100. The Hall–Kier alpha value is -1.91. The lowest BCUT2D eigenvalue weighted by Crippen LogP contribution is -2.14. The van der Waals surface area contributed by atoms with Crippen molar-refractivity contribution in [2.75, 3.05) is 11.1 Å². The number of amides is 1. The standard InChI is InChI=1S/C14H13Cl2N3O/c1-7-3-2-4-10(15)12(7)19-13-9(14(18)20)5-8(17)6-11(13)16/h2-6,19H,17H2,1H3,(H2,18,20). The molecule has 4 nitrogen and oxygen atoms in total. The van der Waals surface area contributed by atoms with Gasteiger partial charge in [-0.25, -0.2) is 0 Å². The number of nitrogens with one attached hydrogen (secondary N) is 1. The number of aryl methyl sites for hydroxylation is 1. The number of carbonyl (C=O) groups is 1. The van der Waals surface area contributed by atoms with E-state index in [4.69, 9.17) is 34.7 Å². The molecule has 0 aromatic heterocycles. The van der Waals surface area contributed by atoms with E-state index in [2.05, 4.69) is 5.32 Å². The van der Waals surface area contributed by atoms with E-state index < -0.39 is 5.91 Å². The summed E-state index contributed by atoms with van der Waals surface area (Å²) in [5.41, 5.74) is 13.6. The van der Waals surface area contributed by atoms with E-state index in [1.165, 1.54) is 6.07 Å². The van der Waals surface area contributed by atoms with Crippen LogP contribution in [0.5, 0.6) is 0 Å². The molecule has 6 heteroatoms. The highest BCUT2D eigenvalue weighted by molar-refractivity contribution is 6.36. The van der Waals surface area contributed by atoms with Gasteiger partial charge in [-0.2, -0.15) is 0 Å². The van der Waals surface area contributed by atoms with Gasteiger partial charge >= 0.3 is 0 Å². The zero-order chi connectivity index (χ0) is 14.9. The van der Waals surface area contributed by atoms with E-state index in [1.807, 2.05) is 19.1 Å². The van der Waals surface area contributed by atoms with Gasteiger partial charge in [0.1, 0.15) is 0 Å². The largest absolute Gasteiger partial charge is 0.399 e. The number of nitrogen functional groups attached to an aromatic ring is 1. The molecule has 5 N–H and O–H groups in total. The van der Waals surface area contributed by atoms with Crippen LogP contribution in [-0.4, -0.2) is 5.91 Å². The van der Waals surface area contributed by atoms with Crippen molar-refractivity contribution in [2.45, 2.75) is 6.92 Å². The average Bonchev–Trinajstić information content (AvgIpc) is 2.35. The summed E-state index contributed by atoms with van der Waals surface area (Å²) in [4.78, 5) is 11.5.